The number of ketones is 1. The van der Waals surface area contributed by atoms with E-state index in [4.69, 9.17) is 9.47 Å². The maximum atomic E-state index is 12.4. The van der Waals surface area contributed by atoms with Crippen molar-refractivity contribution in [1.29, 1.82) is 0 Å². The molecule has 0 spiro atoms. The molecule has 0 fully saturated rings. The molecule has 0 bridgehead atoms. The number of non-ortho nitro benzene ring substituents is 1. The van der Waals surface area contributed by atoms with Crippen molar-refractivity contribution < 1.29 is 24.0 Å². The fourth-order valence-electron chi connectivity index (χ4n) is 2.45. The van der Waals surface area contributed by atoms with Crippen LogP contribution in [0.1, 0.15) is 20.7 Å². The van der Waals surface area contributed by atoms with Gasteiger partial charge in [-0.15, -0.1) is 10.2 Å². The zero-order valence-electron chi connectivity index (χ0n) is 16.4. The van der Waals surface area contributed by atoms with Gasteiger partial charge in [0.2, 0.25) is 5.13 Å². The van der Waals surface area contributed by atoms with Gasteiger partial charge in [-0.1, -0.05) is 23.1 Å². The summed E-state index contributed by atoms with van der Waals surface area (Å²) < 4.78 is 10.8. The van der Waals surface area contributed by atoms with Gasteiger partial charge in [0.25, 0.3) is 11.6 Å². The number of thioether (sulfide) groups is 1. The van der Waals surface area contributed by atoms with E-state index in [1.165, 1.54) is 38.5 Å². The van der Waals surface area contributed by atoms with Gasteiger partial charge in [-0.3, -0.25) is 25.0 Å². The van der Waals surface area contributed by atoms with E-state index in [0.717, 1.165) is 23.1 Å². The van der Waals surface area contributed by atoms with Crippen LogP contribution in [-0.4, -0.2) is 46.8 Å². The Morgan fingerprint density at radius 3 is 2.39 bits per heavy atom. The fraction of sp³-hybridized carbons (Fsp3) is 0.158. The van der Waals surface area contributed by atoms with Gasteiger partial charge < -0.3 is 9.47 Å². The molecule has 0 aliphatic carbocycles. The van der Waals surface area contributed by atoms with E-state index in [0.29, 0.717) is 27.0 Å². The summed E-state index contributed by atoms with van der Waals surface area (Å²) in [5.41, 5.74) is 0.642. The van der Waals surface area contributed by atoms with E-state index in [1.54, 1.807) is 18.2 Å². The first kappa shape index (κ1) is 22.2. The third kappa shape index (κ3) is 5.55. The lowest BCUT2D eigenvalue weighted by Gasteiger charge is -2.08. The average Bonchev–Trinajstić information content (AvgIpc) is 3.24. The number of nitrogens with zero attached hydrogens (tertiary/aromatic N) is 3. The molecule has 10 nitrogen and oxygen atoms in total. The number of carbonyl (C=O) groups excluding carboxylic acids is 2. The van der Waals surface area contributed by atoms with Crippen LogP contribution in [0.3, 0.4) is 0 Å². The highest BCUT2D eigenvalue weighted by molar-refractivity contribution is 8.01. The second-order valence-corrected chi connectivity index (χ2v) is 8.11. The summed E-state index contributed by atoms with van der Waals surface area (Å²) in [6, 6.07) is 10.2. The van der Waals surface area contributed by atoms with Crippen LogP contribution >= 0.6 is 23.1 Å². The number of aromatic nitrogens is 2. The lowest BCUT2D eigenvalue weighted by Crippen LogP contribution is -2.11. The van der Waals surface area contributed by atoms with Crippen molar-refractivity contribution in [3.63, 3.8) is 0 Å². The Kier molecular flexibility index (Phi) is 7.15. The number of methoxy groups -OCH3 is 2. The van der Waals surface area contributed by atoms with Gasteiger partial charge in [-0.05, 0) is 30.3 Å². The van der Waals surface area contributed by atoms with Crippen LogP contribution in [0, 0.1) is 10.1 Å². The number of rotatable bonds is 9. The number of amides is 1. The predicted octanol–water partition coefficient (Wildman–Crippen LogP) is 3.69. The van der Waals surface area contributed by atoms with Crippen molar-refractivity contribution >= 4 is 45.6 Å². The fourth-order valence-corrected chi connectivity index (χ4v) is 4.09. The molecule has 3 rings (SSSR count). The van der Waals surface area contributed by atoms with Gasteiger partial charge in [-0.2, -0.15) is 0 Å². The number of nitro groups is 1. The molecule has 0 saturated carbocycles. The van der Waals surface area contributed by atoms with Gasteiger partial charge in [-0.25, -0.2) is 0 Å². The Labute approximate surface area is 184 Å². The zero-order valence-corrected chi connectivity index (χ0v) is 18.0. The molecule has 1 aromatic heterocycles. The number of nitro benzene ring substituents is 1. The van der Waals surface area contributed by atoms with E-state index in [9.17, 15) is 19.7 Å². The van der Waals surface area contributed by atoms with E-state index < -0.39 is 10.8 Å². The van der Waals surface area contributed by atoms with Crippen LogP contribution < -0.4 is 14.8 Å². The largest absolute Gasteiger partial charge is 0.493 e. The number of Topliss-reactive ketones (excluding diaryl/α,β-unsaturated/α-hetero) is 1. The molecule has 0 radical (unpaired) electrons. The van der Waals surface area contributed by atoms with Crippen LogP contribution in [0.15, 0.2) is 46.8 Å². The highest BCUT2D eigenvalue weighted by Gasteiger charge is 2.15. The van der Waals surface area contributed by atoms with Crippen LogP contribution in [0.4, 0.5) is 10.8 Å². The summed E-state index contributed by atoms with van der Waals surface area (Å²) in [6.07, 6.45) is 0. The first-order chi connectivity index (χ1) is 14.9. The van der Waals surface area contributed by atoms with Gasteiger partial charge in [0.15, 0.2) is 21.6 Å². The number of anilines is 1. The summed E-state index contributed by atoms with van der Waals surface area (Å²) in [5.74, 6) is 0.414. The number of carbonyl (C=O) groups is 2. The molecule has 1 N–H and O–H groups in total. The summed E-state index contributed by atoms with van der Waals surface area (Å²) in [5, 5.41) is 21.5. The molecular weight excluding hydrogens is 444 g/mol. The Bertz CT molecular complexity index is 1120. The number of hydrogen-bond acceptors (Lipinski definition) is 10. The second kappa shape index (κ2) is 10.00. The topological polar surface area (TPSA) is 134 Å². The van der Waals surface area contributed by atoms with E-state index in [1.807, 2.05) is 0 Å². The quantitative estimate of drug-likeness (QED) is 0.167. The summed E-state index contributed by atoms with van der Waals surface area (Å²) in [6.45, 7) is 0. The molecule has 0 aliphatic heterocycles. The van der Waals surface area contributed by atoms with E-state index >= 15 is 0 Å². The zero-order chi connectivity index (χ0) is 22.4. The van der Waals surface area contributed by atoms with Crippen LogP contribution in [0.2, 0.25) is 0 Å². The normalized spacial score (nSPS) is 10.4. The molecule has 0 saturated heterocycles. The summed E-state index contributed by atoms with van der Waals surface area (Å²) in [7, 11) is 2.98. The highest BCUT2D eigenvalue weighted by atomic mass is 32.2. The van der Waals surface area contributed by atoms with Gasteiger partial charge in [0, 0.05) is 23.3 Å². The Hall–Kier alpha value is -3.51. The van der Waals surface area contributed by atoms with Gasteiger partial charge >= 0.3 is 0 Å². The molecule has 12 heteroatoms. The maximum absolute atomic E-state index is 12.4. The molecule has 0 aliphatic rings. The number of nitrogens with one attached hydrogen (secondary N) is 1. The maximum Gasteiger partial charge on any atom is 0.269 e. The van der Waals surface area contributed by atoms with Crippen LogP contribution in [-0.2, 0) is 0 Å². The van der Waals surface area contributed by atoms with Crippen molar-refractivity contribution in [3.05, 3.63) is 63.7 Å². The van der Waals surface area contributed by atoms with E-state index in [-0.39, 0.29) is 22.4 Å². The first-order valence-electron chi connectivity index (χ1n) is 8.68. The minimum Gasteiger partial charge on any atom is -0.493 e. The monoisotopic (exact) mass is 460 g/mol. The highest BCUT2D eigenvalue weighted by Crippen LogP contribution is 2.29. The number of hydrogen-bond donors (Lipinski definition) is 1. The second-order valence-electron chi connectivity index (χ2n) is 5.91. The van der Waals surface area contributed by atoms with Gasteiger partial charge in [0.05, 0.1) is 24.9 Å². The van der Waals surface area contributed by atoms with Crippen molar-refractivity contribution in [1.82, 2.24) is 10.2 Å². The molecule has 0 atom stereocenters. The van der Waals surface area contributed by atoms with Crippen molar-refractivity contribution in [2.75, 3.05) is 25.3 Å². The third-order valence-electron chi connectivity index (χ3n) is 4.00. The Morgan fingerprint density at radius 2 is 1.74 bits per heavy atom. The smallest absolute Gasteiger partial charge is 0.269 e. The summed E-state index contributed by atoms with van der Waals surface area (Å²) >= 11 is 2.29. The Balaban J connectivity index is 1.58. The molecule has 31 heavy (non-hydrogen) atoms. The van der Waals surface area contributed by atoms with Crippen LogP contribution in [0.25, 0.3) is 0 Å². The van der Waals surface area contributed by atoms with Gasteiger partial charge in [0.1, 0.15) is 0 Å². The molecule has 1 amide bonds. The third-order valence-corrected chi connectivity index (χ3v) is 5.97. The summed E-state index contributed by atoms with van der Waals surface area (Å²) in [4.78, 5) is 34.9. The minimum absolute atomic E-state index is 0.0794. The molecule has 2 aromatic carbocycles. The lowest BCUT2D eigenvalue weighted by molar-refractivity contribution is -0.384. The lowest BCUT2D eigenvalue weighted by atomic mass is 10.1. The predicted molar refractivity (Wildman–Crippen MR) is 116 cm³/mol. The molecule has 1 heterocycles. The van der Waals surface area contributed by atoms with Crippen molar-refractivity contribution in [2.24, 2.45) is 0 Å². The first-order valence-corrected chi connectivity index (χ1v) is 10.5. The van der Waals surface area contributed by atoms with Crippen molar-refractivity contribution in [2.45, 2.75) is 4.34 Å². The molecule has 160 valence electrons. The van der Waals surface area contributed by atoms with E-state index in [2.05, 4.69) is 15.5 Å². The average molecular weight is 460 g/mol. The standard InChI is InChI=1S/C19H16N4O6S2/c1-28-15-8-5-12(9-16(15)29-2)17(25)20-18-21-22-19(31-18)30-10-14(24)11-3-6-13(7-4-11)23(26)27/h3-9H,10H2,1-2H3,(H,20,21,25). The SMILES string of the molecule is COc1ccc(C(=O)Nc2nnc(SCC(=O)c3ccc([N+](=O)[O-])cc3)s2)cc1OC. The Morgan fingerprint density at radius 1 is 1.06 bits per heavy atom. The van der Waals surface area contributed by atoms with Crippen molar-refractivity contribution in [3.8, 4) is 11.5 Å². The molecule has 0 unspecified atom stereocenters. The molecule has 3 aromatic rings. The van der Waals surface area contributed by atoms with Crippen LogP contribution in [0.5, 0.6) is 11.5 Å². The number of ether oxygens (including phenoxy) is 2. The molecular formula is C19H16N4O6S2. The minimum atomic E-state index is -0.526. The number of benzene rings is 2.